The summed E-state index contributed by atoms with van der Waals surface area (Å²) in [5.41, 5.74) is 2.61. The van der Waals surface area contributed by atoms with Crippen LogP contribution in [0.5, 0.6) is 0 Å². The van der Waals surface area contributed by atoms with Gasteiger partial charge in [-0.3, -0.25) is 0 Å². The van der Waals surface area contributed by atoms with E-state index in [0.29, 0.717) is 6.04 Å². The second-order valence-corrected chi connectivity index (χ2v) is 5.84. The van der Waals surface area contributed by atoms with Crippen molar-refractivity contribution in [2.24, 2.45) is 0 Å². The SMILES string of the molecule is CC1=C(\Cl)CC=CC/C(N2CCN(C)C(C)C2)=C\1. The summed E-state index contributed by atoms with van der Waals surface area (Å²) in [6.07, 6.45) is 8.58. The van der Waals surface area contributed by atoms with Gasteiger partial charge in [0, 0.05) is 49.2 Å². The van der Waals surface area contributed by atoms with E-state index in [2.05, 4.69) is 48.9 Å². The molecular weight excluding hydrogens is 244 g/mol. The normalized spacial score (nSPS) is 33.9. The van der Waals surface area contributed by atoms with Crippen molar-refractivity contribution >= 4 is 11.6 Å². The number of hydrogen-bond acceptors (Lipinski definition) is 2. The molecule has 1 heterocycles. The van der Waals surface area contributed by atoms with Gasteiger partial charge in [-0.05, 0) is 32.5 Å². The van der Waals surface area contributed by atoms with Crippen LogP contribution in [0.15, 0.2) is 34.5 Å². The first kappa shape index (κ1) is 13.7. The lowest BCUT2D eigenvalue weighted by molar-refractivity contribution is 0.129. The molecule has 2 aliphatic rings. The molecule has 0 aromatic carbocycles. The van der Waals surface area contributed by atoms with Crippen LogP contribution in [0.2, 0.25) is 0 Å². The van der Waals surface area contributed by atoms with Crippen LogP contribution in [0.3, 0.4) is 0 Å². The fourth-order valence-electron chi connectivity index (χ4n) is 2.47. The summed E-state index contributed by atoms with van der Waals surface area (Å²) in [5, 5.41) is 0.964. The van der Waals surface area contributed by atoms with Gasteiger partial charge in [-0.15, -0.1) is 0 Å². The molecule has 0 radical (unpaired) electrons. The molecule has 0 spiro atoms. The van der Waals surface area contributed by atoms with Crippen LogP contribution in [-0.4, -0.2) is 42.5 Å². The summed E-state index contributed by atoms with van der Waals surface area (Å²) in [5.74, 6) is 0. The highest BCUT2D eigenvalue weighted by Gasteiger charge is 2.22. The first-order valence-electron chi connectivity index (χ1n) is 6.74. The Labute approximate surface area is 116 Å². The van der Waals surface area contributed by atoms with Crippen LogP contribution < -0.4 is 0 Å². The van der Waals surface area contributed by atoms with Gasteiger partial charge in [0.25, 0.3) is 0 Å². The van der Waals surface area contributed by atoms with Gasteiger partial charge in [0.2, 0.25) is 0 Å². The zero-order valence-corrected chi connectivity index (χ0v) is 12.4. The first-order valence-corrected chi connectivity index (χ1v) is 7.11. The fraction of sp³-hybridized carbons (Fsp3) is 0.600. The van der Waals surface area contributed by atoms with Crippen molar-refractivity contribution < 1.29 is 0 Å². The van der Waals surface area contributed by atoms with Gasteiger partial charge in [-0.1, -0.05) is 23.8 Å². The van der Waals surface area contributed by atoms with E-state index in [-0.39, 0.29) is 0 Å². The Morgan fingerprint density at radius 3 is 2.67 bits per heavy atom. The lowest BCUT2D eigenvalue weighted by Crippen LogP contribution is -2.49. The Morgan fingerprint density at radius 2 is 1.94 bits per heavy atom. The van der Waals surface area contributed by atoms with Gasteiger partial charge in [0.05, 0.1) is 0 Å². The number of rotatable bonds is 1. The summed E-state index contributed by atoms with van der Waals surface area (Å²) < 4.78 is 0. The number of nitrogens with zero attached hydrogens (tertiary/aromatic N) is 2. The third-order valence-electron chi connectivity index (χ3n) is 3.97. The predicted octanol–water partition coefficient (Wildman–Crippen LogP) is 3.37. The maximum absolute atomic E-state index is 6.26. The van der Waals surface area contributed by atoms with E-state index in [0.717, 1.165) is 37.5 Å². The summed E-state index contributed by atoms with van der Waals surface area (Å²) in [6.45, 7) is 7.77. The Morgan fingerprint density at radius 1 is 1.22 bits per heavy atom. The molecule has 2 rings (SSSR count). The Kier molecular flexibility index (Phi) is 4.52. The van der Waals surface area contributed by atoms with Crippen molar-refractivity contribution in [1.29, 1.82) is 0 Å². The number of piperazine rings is 1. The summed E-state index contributed by atoms with van der Waals surface area (Å²) >= 11 is 6.26. The summed E-state index contributed by atoms with van der Waals surface area (Å²) in [7, 11) is 2.20. The molecule has 0 saturated carbocycles. The van der Waals surface area contributed by atoms with E-state index in [1.807, 2.05) is 0 Å². The molecule has 1 fully saturated rings. The number of halogens is 1. The Hall–Kier alpha value is -0.730. The molecule has 3 heteroatoms. The van der Waals surface area contributed by atoms with E-state index < -0.39 is 0 Å². The van der Waals surface area contributed by atoms with Crippen molar-refractivity contribution in [1.82, 2.24) is 9.80 Å². The molecule has 100 valence electrons. The van der Waals surface area contributed by atoms with Crippen molar-refractivity contribution in [3.05, 3.63) is 34.5 Å². The molecule has 1 atom stereocenters. The lowest BCUT2D eigenvalue weighted by atomic mass is 10.1. The predicted molar refractivity (Wildman–Crippen MR) is 78.7 cm³/mol. The lowest BCUT2D eigenvalue weighted by Gasteiger charge is -2.40. The van der Waals surface area contributed by atoms with Crippen LogP contribution in [0, 0.1) is 0 Å². The Balaban J connectivity index is 2.16. The van der Waals surface area contributed by atoms with Crippen molar-refractivity contribution in [3.63, 3.8) is 0 Å². The van der Waals surface area contributed by atoms with Gasteiger partial charge in [-0.25, -0.2) is 0 Å². The first-order chi connectivity index (χ1) is 8.58. The molecule has 2 nitrogen and oxygen atoms in total. The standard InChI is InChI=1S/C15H23ClN2/c1-12-10-14(6-4-5-7-15(12)16)18-9-8-17(3)13(2)11-18/h4-5,10,13H,6-9,11H2,1-3H3/b5-4?,14-10+,15-12+. The highest BCUT2D eigenvalue weighted by molar-refractivity contribution is 6.30. The van der Waals surface area contributed by atoms with E-state index in [4.69, 9.17) is 11.6 Å². The van der Waals surface area contributed by atoms with Gasteiger partial charge < -0.3 is 9.80 Å². The van der Waals surface area contributed by atoms with Crippen LogP contribution in [0.4, 0.5) is 0 Å². The van der Waals surface area contributed by atoms with Crippen LogP contribution in [0.25, 0.3) is 0 Å². The zero-order chi connectivity index (χ0) is 13.1. The minimum Gasteiger partial charge on any atom is -0.372 e. The Bertz CT molecular complexity index is 395. The quantitative estimate of drug-likeness (QED) is 0.672. The molecule has 0 N–H and O–H groups in total. The average molecular weight is 267 g/mol. The number of likely N-dealkylation sites (N-methyl/N-ethyl adjacent to an activating group) is 1. The maximum Gasteiger partial charge on any atom is 0.0329 e. The monoisotopic (exact) mass is 266 g/mol. The number of hydrogen-bond donors (Lipinski definition) is 0. The van der Waals surface area contributed by atoms with Crippen LogP contribution >= 0.6 is 11.6 Å². The van der Waals surface area contributed by atoms with Crippen LogP contribution in [-0.2, 0) is 0 Å². The van der Waals surface area contributed by atoms with Crippen LogP contribution in [0.1, 0.15) is 26.7 Å². The molecule has 18 heavy (non-hydrogen) atoms. The average Bonchev–Trinajstić information content (AvgIpc) is 2.34. The second-order valence-electron chi connectivity index (χ2n) is 5.38. The third-order valence-corrected chi connectivity index (χ3v) is 4.42. The molecular formula is C15H23ClN2. The summed E-state index contributed by atoms with van der Waals surface area (Å²) in [4.78, 5) is 4.93. The van der Waals surface area contributed by atoms with Gasteiger partial charge in [0.1, 0.15) is 0 Å². The van der Waals surface area contributed by atoms with E-state index in [1.54, 1.807) is 0 Å². The molecule has 0 aromatic heterocycles. The smallest absolute Gasteiger partial charge is 0.0329 e. The van der Waals surface area contributed by atoms with E-state index in [9.17, 15) is 0 Å². The molecule has 0 amide bonds. The maximum atomic E-state index is 6.26. The van der Waals surface area contributed by atoms with Crippen molar-refractivity contribution in [2.45, 2.75) is 32.7 Å². The van der Waals surface area contributed by atoms with E-state index in [1.165, 1.54) is 11.3 Å². The van der Waals surface area contributed by atoms with E-state index >= 15 is 0 Å². The topological polar surface area (TPSA) is 6.48 Å². The molecule has 1 unspecified atom stereocenters. The largest absolute Gasteiger partial charge is 0.372 e. The van der Waals surface area contributed by atoms with Crippen molar-refractivity contribution in [2.75, 3.05) is 26.7 Å². The van der Waals surface area contributed by atoms with Gasteiger partial charge in [0.15, 0.2) is 0 Å². The zero-order valence-electron chi connectivity index (χ0n) is 11.6. The third kappa shape index (κ3) is 3.18. The van der Waals surface area contributed by atoms with Gasteiger partial charge in [-0.2, -0.15) is 0 Å². The number of allylic oxidation sites excluding steroid dienone is 5. The molecule has 0 aromatic rings. The summed E-state index contributed by atoms with van der Waals surface area (Å²) in [6, 6.07) is 0.619. The van der Waals surface area contributed by atoms with Crippen molar-refractivity contribution in [3.8, 4) is 0 Å². The molecule has 1 saturated heterocycles. The second kappa shape index (κ2) is 5.94. The highest BCUT2D eigenvalue weighted by atomic mass is 35.5. The highest BCUT2D eigenvalue weighted by Crippen LogP contribution is 2.24. The fourth-order valence-corrected chi connectivity index (χ4v) is 2.61. The molecule has 1 aliphatic carbocycles. The minimum atomic E-state index is 0.619. The molecule has 1 aliphatic heterocycles. The minimum absolute atomic E-state index is 0.619. The van der Waals surface area contributed by atoms with Gasteiger partial charge >= 0.3 is 0 Å². The molecule has 0 bridgehead atoms.